The largest absolute Gasteiger partial charge is 0.378 e. The summed E-state index contributed by atoms with van der Waals surface area (Å²) in [4.78, 5) is 36.6. The maximum atomic E-state index is 13.0. The number of amides is 1. The van der Waals surface area contributed by atoms with Crippen LogP contribution in [0.25, 0.3) is 0 Å². The van der Waals surface area contributed by atoms with Crippen molar-refractivity contribution in [3.8, 4) is 0 Å². The van der Waals surface area contributed by atoms with E-state index < -0.39 is 0 Å². The van der Waals surface area contributed by atoms with Gasteiger partial charge in [-0.1, -0.05) is 0 Å². The minimum atomic E-state index is -0.0522. The fourth-order valence-corrected chi connectivity index (χ4v) is 3.29. The molecule has 0 radical (unpaired) electrons. The third-order valence-electron chi connectivity index (χ3n) is 4.76. The molecular weight excluding hydrogens is 346 g/mol. The van der Waals surface area contributed by atoms with E-state index in [4.69, 9.17) is 4.74 Å². The van der Waals surface area contributed by atoms with Gasteiger partial charge in [-0.3, -0.25) is 4.79 Å². The smallest absolute Gasteiger partial charge is 0.272 e. The summed E-state index contributed by atoms with van der Waals surface area (Å²) in [6, 6.07) is 3.56. The molecule has 2 saturated heterocycles. The average molecular weight is 369 g/mol. The number of rotatable bonds is 3. The molecule has 2 aliphatic heterocycles. The first kappa shape index (κ1) is 17.6. The average Bonchev–Trinajstić information content (AvgIpc) is 2.74. The maximum Gasteiger partial charge on any atom is 0.272 e. The highest BCUT2D eigenvalue weighted by Gasteiger charge is 2.25. The lowest BCUT2D eigenvalue weighted by Crippen LogP contribution is -2.49. The fourth-order valence-electron chi connectivity index (χ4n) is 3.29. The Kier molecular flexibility index (Phi) is 5.10. The lowest BCUT2D eigenvalue weighted by atomic mass is 10.2. The van der Waals surface area contributed by atoms with E-state index >= 15 is 0 Å². The Morgan fingerprint density at radius 1 is 0.926 bits per heavy atom. The maximum absolute atomic E-state index is 13.0. The third-order valence-corrected chi connectivity index (χ3v) is 4.76. The lowest BCUT2D eigenvalue weighted by Gasteiger charge is -2.34. The molecule has 0 atom stereocenters. The van der Waals surface area contributed by atoms with E-state index in [2.05, 4.69) is 29.7 Å². The highest BCUT2D eigenvalue weighted by atomic mass is 16.5. The van der Waals surface area contributed by atoms with Crippen LogP contribution in [0.5, 0.6) is 0 Å². The summed E-state index contributed by atoms with van der Waals surface area (Å²) in [7, 11) is 0. The van der Waals surface area contributed by atoms with Crippen molar-refractivity contribution >= 4 is 17.8 Å². The van der Waals surface area contributed by atoms with Crippen LogP contribution in [0.15, 0.2) is 24.5 Å². The molecule has 9 nitrogen and oxygen atoms in total. The number of morpholine rings is 1. The van der Waals surface area contributed by atoms with Crippen LogP contribution in [-0.4, -0.2) is 83.2 Å². The molecular formula is C18H23N7O2. The molecule has 2 aliphatic rings. The molecule has 0 aromatic carbocycles. The first-order valence-corrected chi connectivity index (χ1v) is 9.20. The van der Waals surface area contributed by atoms with E-state index in [1.165, 1.54) is 0 Å². The van der Waals surface area contributed by atoms with Gasteiger partial charge in [-0.15, -0.1) is 0 Å². The van der Waals surface area contributed by atoms with Gasteiger partial charge in [-0.2, -0.15) is 0 Å². The van der Waals surface area contributed by atoms with E-state index in [-0.39, 0.29) is 5.91 Å². The predicted molar refractivity (Wildman–Crippen MR) is 99.9 cm³/mol. The topological polar surface area (TPSA) is 87.6 Å². The Hall–Kier alpha value is -2.81. The summed E-state index contributed by atoms with van der Waals surface area (Å²) in [5, 5.41) is 0. The molecule has 0 N–H and O–H groups in total. The van der Waals surface area contributed by atoms with Gasteiger partial charge in [0.2, 0.25) is 11.9 Å². The van der Waals surface area contributed by atoms with Gasteiger partial charge in [-0.25, -0.2) is 19.9 Å². The summed E-state index contributed by atoms with van der Waals surface area (Å²) in [6.07, 6.45) is 3.47. The number of aromatic nitrogens is 4. The van der Waals surface area contributed by atoms with Gasteiger partial charge >= 0.3 is 0 Å². The van der Waals surface area contributed by atoms with Gasteiger partial charge < -0.3 is 19.4 Å². The highest BCUT2D eigenvalue weighted by molar-refractivity contribution is 5.92. The first-order chi connectivity index (χ1) is 13.2. The van der Waals surface area contributed by atoms with Crippen LogP contribution in [0.4, 0.5) is 11.9 Å². The van der Waals surface area contributed by atoms with Crippen molar-refractivity contribution in [3.63, 3.8) is 0 Å². The molecule has 0 aliphatic carbocycles. The summed E-state index contributed by atoms with van der Waals surface area (Å²) < 4.78 is 5.38. The first-order valence-electron chi connectivity index (χ1n) is 9.20. The minimum absolute atomic E-state index is 0.0522. The molecule has 2 fully saturated rings. The Bertz CT molecular complexity index is 788. The van der Waals surface area contributed by atoms with E-state index in [0.717, 1.165) is 18.8 Å². The highest BCUT2D eigenvalue weighted by Crippen LogP contribution is 2.16. The van der Waals surface area contributed by atoms with Gasteiger partial charge in [0.1, 0.15) is 5.69 Å². The summed E-state index contributed by atoms with van der Waals surface area (Å²) in [5.74, 6) is 1.26. The Morgan fingerprint density at radius 3 is 2.30 bits per heavy atom. The normalized spacial score (nSPS) is 17.9. The molecule has 4 rings (SSSR count). The molecule has 1 amide bonds. The van der Waals surface area contributed by atoms with E-state index in [0.29, 0.717) is 57.0 Å². The standard InChI is InChI=1S/C18H23N7O2/c1-14-13-15(22-18(21-14)25-9-11-27-12-10-25)16(26)23-5-7-24(8-6-23)17-19-3-2-4-20-17/h2-4,13H,5-12H2,1H3. The molecule has 2 aromatic heterocycles. The quantitative estimate of drug-likeness (QED) is 0.767. The van der Waals surface area contributed by atoms with Gasteiger partial charge in [0, 0.05) is 57.4 Å². The van der Waals surface area contributed by atoms with Crippen LogP contribution < -0.4 is 9.80 Å². The van der Waals surface area contributed by atoms with Gasteiger partial charge in [0.05, 0.1) is 13.2 Å². The fraction of sp³-hybridized carbons (Fsp3) is 0.500. The summed E-state index contributed by atoms with van der Waals surface area (Å²) in [6.45, 7) is 7.34. The van der Waals surface area contributed by atoms with Crippen molar-refractivity contribution in [1.29, 1.82) is 0 Å². The van der Waals surface area contributed by atoms with Gasteiger partial charge in [0.25, 0.3) is 5.91 Å². The molecule has 0 spiro atoms. The second-order valence-electron chi connectivity index (χ2n) is 6.62. The molecule has 4 heterocycles. The number of hydrogen-bond donors (Lipinski definition) is 0. The SMILES string of the molecule is Cc1cc(C(=O)N2CCN(c3ncccn3)CC2)nc(N2CCOCC2)n1. The Balaban J connectivity index is 1.44. The molecule has 0 bridgehead atoms. The van der Waals surface area contributed by atoms with Crippen LogP contribution in [0.3, 0.4) is 0 Å². The minimum Gasteiger partial charge on any atom is -0.378 e. The van der Waals surface area contributed by atoms with E-state index in [1.54, 1.807) is 24.5 Å². The van der Waals surface area contributed by atoms with E-state index in [1.807, 2.05) is 11.8 Å². The molecule has 27 heavy (non-hydrogen) atoms. The second kappa shape index (κ2) is 7.83. The summed E-state index contributed by atoms with van der Waals surface area (Å²) in [5.41, 5.74) is 1.25. The van der Waals surface area contributed by atoms with Crippen molar-refractivity contribution in [2.75, 3.05) is 62.3 Å². The third kappa shape index (κ3) is 3.97. The number of aryl methyl sites for hydroxylation is 1. The molecule has 0 saturated carbocycles. The Labute approximate surface area is 158 Å². The number of hydrogen-bond acceptors (Lipinski definition) is 8. The van der Waals surface area contributed by atoms with Crippen LogP contribution in [0.2, 0.25) is 0 Å². The number of ether oxygens (including phenoxy) is 1. The van der Waals surface area contributed by atoms with Crippen molar-refractivity contribution in [2.45, 2.75) is 6.92 Å². The zero-order chi connectivity index (χ0) is 18.6. The monoisotopic (exact) mass is 369 g/mol. The lowest BCUT2D eigenvalue weighted by molar-refractivity contribution is 0.0740. The van der Waals surface area contributed by atoms with Gasteiger partial charge in [0.15, 0.2) is 0 Å². The van der Waals surface area contributed by atoms with Crippen LogP contribution in [0.1, 0.15) is 16.2 Å². The number of nitrogens with zero attached hydrogens (tertiary/aromatic N) is 7. The second-order valence-corrected chi connectivity index (χ2v) is 6.62. The zero-order valence-corrected chi connectivity index (χ0v) is 15.4. The number of piperazine rings is 1. The Morgan fingerprint density at radius 2 is 1.59 bits per heavy atom. The van der Waals surface area contributed by atoms with Crippen molar-refractivity contribution in [3.05, 3.63) is 35.9 Å². The number of anilines is 2. The number of carbonyl (C=O) groups is 1. The van der Waals surface area contributed by atoms with Crippen molar-refractivity contribution < 1.29 is 9.53 Å². The van der Waals surface area contributed by atoms with Crippen molar-refractivity contribution in [2.24, 2.45) is 0 Å². The number of carbonyl (C=O) groups excluding carboxylic acids is 1. The molecule has 9 heteroatoms. The van der Waals surface area contributed by atoms with Gasteiger partial charge in [-0.05, 0) is 19.1 Å². The van der Waals surface area contributed by atoms with E-state index in [9.17, 15) is 4.79 Å². The summed E-state index contributed by atoms with van der Waals surface area (Å²) >= 11 is 0. The molecule has 142 valence electrons. The van der Waals surface area contributed by atoms with Crippen LogP contribution in [0, 0.1) is 6.92 Å². The molecule has 2 aromatic rings. The van der Waals surface area contributed by atoms with Crippen molar-refractivity contribution in [1.82, 2.24) is 24.8 Å². The predicted octanol–water partition coefficient (Wildman–Crippen LogP) is 0.374. The molecule has 0 unspecified atom stereocenters. The zero-order valence-electron chi connectivity index (χ0n) is 15.4. The van der Waals surface area contributed by atoms with Crippen LogP contribution in [-0.2, 0) is 4.74 Å². The van der Waals surface area contributed by atoms with Crippen LogP contribution >= 0.6 is 0 Å².